The number of nitrogens with one attached hydrogen (secondary N) is 2. The minimum Gasteiger partial charge on any atom is -0.497 e. The summed E-state index contributed by atoms with van der Waals surface area (Å²) in [6, 6.07) is 21.0. The maximum atomic E-state index is 13.0. The maximum absolute atomic E-state index is 13.0. The first-order chi connectivity index (χ1) is 21.5. The lowest BCUT2D eigenvalue weighted by molar-refractivity contribution is -0.192. The van der Waals surface area contributed by atoms with Crippen molar-refractivity contribution in [3.8, 4) is 5.75 Å². The third-order valence-electron chi connectivity index (χ3n) is 8.78. The molecule has 45 heavy (non-hydrogen) atoms. The van der Waals surface area contributed by atoms with E-state index in [0.717, 1.165) is 77.3 Å². The second-order valence-corrected chi connectivity index (χ2v) is 11.5. The van der Waals surface area contributed by atoms with Gasteiger partial charge in [0.15, 0.2) is 0 Å². The van der Waals surface area contributed by atoms with Gasteiger partial charge in [0, 0.05) is 48.9 Å². The number of hydrogen-bond acceptors (Lipinski definition) is 6. The molecule has 1 aromatic heterocycles. The molecule has 1 saturated heterocycles. The number of ether oxygens (including phenoxy) is 1. The Labute approximate surface area is 257 Å². The summed E-state index contributed by atoms with van der Waals surface area (Å²) in [4.78, 5) is 26.7. The SMILES string of the molecule is COc1ccc2c(c1)[C@]1(C[C@H]1c1ccc3c(/C=C/c4ccc(N5CCN(C)CC5)cc4)n[nH]c3c1)C(=O)N2.O=C(O)C(F)(F)F. The number of carboxylic acid groups (broad SMARTS) is 1. The number of H-pyrrole nitrogens is 1. The number of nitrogens with zero attached hydrogens (tertiary/aromatic N) is 3. The summed E-state index contributed by atoms with van der Waals surface area (Å²) in [7, 11) is 3.84. The number of halogens is 3. The minimum atomic E-state index is -5.08. The molecule has 3 aromatic carbocycles. The van der Waals surface area contributed by atoms with Crippen LogP contribution in [0.5, 0.6) is 5.75 Å². The zero-order valence-corrected chi connectivity index (χ0v) is 24.7. The number of piperazine rings is 1. The highest BCUT2D eigenvalue weighted by Gasteiger charge is 2.65. The van der Waals surface area contributed by atoms with Crippen LogP contribution in [-0.2, 0) is 15.0 Å². The van der Waals surface area contributed by atoms with Crippen molar-refractivity contribution in [3.05, 3.63) is 83.0 Å². The van der Waals surface area contributed by atoms with Gasteiger partial charge in [-0.15, -0.1) is 0 Å². The lowest BCUT2D eigenvalue weighted by Crippen LogP contribution is -2.44. The molecule has 0 unspecified atom stereocenters. The Bertz CT molecular complexity index is 1780. The van der Waals surface area contributed by atoms with Gasteiger partial charge >= 0.3 is 12.1 Å². The van der Waals surface area contributed by atoms with Gasteiger partial charge in [-0.3, -0.25) is 9.89 Å². The molecule has 3 N–H and O–H groups in total. The van der Waals surface area contributed by atoms with Crippen molar-refractivity contribution < 1.29 is 32.6 Å². The third-order valence-corrected chi connectivity index (χ3v) is 8.78. The van der Waals surface area contributed by atoms with Crippen LogP contribution in [0.1, 0.15) is 34.7 Å². The average molecular weight is 620 g/mol. The molecule has 1 aliphatic carbocycles. The third kappa shape index (κ3) is 5.85. The van der Waals surface area contributed by atoms with Crippen LogP contribution in [0.2, 0.25) is 0 Å². The van der Waals surface area contributed by atoms with Gasteiger partial charge in [-0.05, 0) is 72.6 Å². The van der Waals surface area contributed by atoms with E-state index >= 15 is 0 Å². The number of carbonyl (C=O) groups is 2. The smallest absolute Gasteiger partial charge is 0.490 e. The van der Waals surface area contributed by atoms with E-state index in [1.54, 1.807) is 7.11 Å². The number of methoxy groups -OCH3 is 1. The van der Waals surface area contributed by atoms with Crippen LogP contribution in [0.4, 0.5) is 24.5 Å². The van der Waals surface area contributed by atoms with Gasteiger partial charge < -0.3 is 25.0 Å². The summed E-state index contributed by atoms with van der Waals surface area (Å²) in [5.74, 6) is -1.76. The van der Waals surface area contributed by atoms with Gasteiger partial charge in [0.2, 0.25) is 5.91 Å². The number of carboxylic acids is 1. The van der Waals surface area contributed by atoms with Crippen molar-refractivity contribution in [2.75, 3.05) is 50.6 Å². The quantitative estimate of drug-likeness (QED) is 0.271. The summed E-state index contributed by atoms with van der Waals surface area (Å²) in [6.07, 6.45) is -0.106. The second-order valence-electron chi connectivity index (χ2n) is 11.5. The topological polar surface area (TPSA) is 111 Å². The van der Waals surface area contributed by atoms with E-state index in [1.165, 1.54) is 5.69 Å². The molecule has 4 aromatic rings. The molecular formula is C33H32F3N5O4. The van der Waals surface area contributed by atoms with Crippen LogP contribution in [0.3, 0.4) is 0 Å². The number of amides is 1. The van der Waals surface area contributed by atoms with Crippen LogP contribution >= 0.6 is 0 Å². The highest BCUT2D eigenvalue weighted by atomic mass is 19.4. The molecule has 0 bridgehead atoms. The van der Waals surface area contributed by atoms with E-state index < -0.39 is 17.6 Å². The van der Waals surface area contributed by atoms with Crippen molar-refractivity contribution in [2.24, 2.45) is 0 Å². The molecule has 1 amide bonds. The summed E-state index contributed by atoms with van der Waals surface area (Å²) in [5, 5.41) is 19.0. The van der Waals surface area contributed by atoms with E-state index in [9.17, 15) is 18.0 Å². The molecule has 3 heterocycles. The predicted molar refractivity (Wildman–Crippen MR) is 166 cm³/mol. The number of alkyl halides is 3. The normalized spacial score (nSPS) is 21.0. The number of aliphatic carboxylic acids is 1. The van der Waals surface area contributed by atoms with E-state index in [-0.39, 0.29) is 11.8 Å². The number of anilines is 2. The maximum Gasteiger partial charge on any atom is 0.490 e. The van der Waals surface area contributed by atoms with Gasteiger partial charge in [0.25, 0.3) is 0 Å². The Kier molecular flexibility index (Phi) is 7.77. The fourth-order valence-corrected chi connectivity index (χ4v) is 6.14. The fraction of sp³-hybridized carbons (Fsp3) is 0.303. The number of likely N-dealkylation sites (N-methyl/N-ethyl adjacent to an activating group) is 1. The van der Waals surface area contributed by atoms with Gasteiger partial charge in [-0.1, -0.05) is 30.3 Å². The lowest BCUT2D eigenvalue weighted by atomic mass is 9.91. The standard InChI is InChI=1S/C31H31N5O2.C2HF3O2/c1-35-13-15-36(16-14-35)22-7-3-20(4-8-22)5-11-27-24-10-6-21(17-29(24)34-33-27)26-19-31(26)25-18-23(38-2)9-12-28(25)32-30(31)37;3-2(4,5)1(6)7/h3-12,17-18,26H,13-16,19H2,1-2H3,(H,32,37)(H,33,34);(H,6,7)/b11-5+;/t26-,31-;/m0./s1. The molecular weight excluding hydrogens is 587 g/mol. The molecule has 1 spiro atoms. The van der Waals surface area contributed by atoms with Crippen LogP contribution in [-0.4, -0.2) is 78.6 Å². The zero-order valence-electron chi connectivity index (χ0n) is 24.7. The highest BCUT2D eigenvalue weighted by Crippen LogP contribution is 2.65. The average Bonchev–Trinajstić information content (AvgIpc) is 3.57. The molecule has 2 atom stereocenters. The van der Waals surface area contributed by atoms with Crippen molar-refractivity contribution in [2.45, 2.75) is 23.9 Å². The molecule has 2 fully saturated rings. The Morgan fingerprint density at radius 2 is 1.76 bits per heavy atom. The first-order valence-corrected chi connectivity index (χ1v) is 14.5. The van der Waals surface area contributed by atoms with E-state index in [4.69, 9.17) is 14.6 Å². The van der Waals surface area contributed by atoms with Crippen molar-refractivity contribution in [1.82, 2.24) is 15.1 Å². The van der Waals surface area contributed by atoms with Crippen LogP contribution in [0, 0.1) is 0 Å². The van der Waals surface area contributed by atoms with Crippen molar-refractivity contribution in [1.29, 1.82) is 0 Å². The molecule has 3 aliphatic rings. The zero-order chi connectivity index (χ0) is 31.9. The Morgan fingerprint density at radius 3 is 2.42 bits per heavy atom. The number of hydrogen-bond donors (Lipinski definition) is 3. The Morgan fingerprint density at radius 1 is 1.04 bits per heavy atom. The molecule has 7 rings (SSSR count). The van der Waals surface area contributed by atoms with Crippen molar-refractivity contribution >= 4 is 46.3 Å². The summed E-state index contributed by atoms with van der Waals surface area (Å²) >= 11 is 0. The van der Waals surface area contributed by atoms with E-state index in [0.29, 0.717) is 0 Å². The van der Waals surface area contributed by atoms with Crippen molar-refractivity contribution in [3.63, 3.8) is 0 Å². The number of carbonyl (C=O) groups excluding carboxylic acids is 1. The van der Waals surface area contributed by atoms with E-state index in [2.05, 4.69) is 87.0 Å². The largest absolute Gasteiger partial charge is 0.497 e. The molecule has 234 valence electrons. The van der Waals surface area contributed by atoms with Crippen LogP contribution in [0.25, 0.3) is 23.1 Å². The van der Waals surface area contributed by atoms with E-state index in [1.807, 2.05) is 18.2 Å². The molecule has 1 saturated carbocycles. The molecule has 0 radical (unpaired) electrons. The lowest BCUT2D eigenvalue weighted by Gasteiger charge is -2.34. The number of benzene rings is 3. The Hall–Kier alpha value is -4.84. The van der Waals surface area contributed by atoms with Gasteiger partial charge in [-0.2, -0.15) is 18.3 Å². The first kappa shape index (κ1) is 30.2. The summed E-state index contributed by atoms with van der Waals surface area (Å²) in [5.41, 5.74) is 6.91. The molecule has 12 heteroatoms. The van der Waals surface area contributed by atoms with Crippen LogP contribution < -0.4 is 15.0 Å². The number of aromatic amines is 1. The monoisotopic (exact) mass is 619 g/mol. The predicted octanol–water partition coefficient (Wildman–Crippen LogP) is 5.50. The van der Waals surface area contributed by atoms with Gasteiger partial charge in [-0.25, -0.2) is 4.79 Å². The number of rotatable bonds is 5. The molecule has 9 nitrogen and oxygen atoms in total. The van der Waals surface area contributed by atoms with Gasteiger partial charge in [0.05, 0.1) is 23.7 Å². The fourth-order valence-electron chi connectivity index (χ4n) is 6.14. The molecule has 2 aliphatic heterocycles. The number of fused-ring (bicyclic) bond motifs is 3. The minimum absolute atomic E-state index is 0.0812. The number of aromatic nitrogens is 2. The Balaban J connectivity index is 0.000000460. The van der Waals surface area contributed by atoms with Gasteiger partial charge in [0.1, 0.15) is 5.75 Å². The first-order valence-electron chi connectivity index (χ1n) is 14.5. The van der Waals surface area contributed by atoms with Crippen LogP contribution in [0.15, 0.2) is 60.7 Å². The second kappa shape index (κ2) is 11.6. The highest BCUT2D eigenvalue weighted by molar-refractivity contribution is 6.10. The summed E-state index contributed by atoms with van der Waals surface area (Å²) < 4.78 is 37.2. The summed E-state index contributed by atoms with van der Waals surface area (Å²) in [6.45, 7) is 4.35.